The first-order valence-electron chi connectivity index (χ1n) is 15.6. The first-order valence-corrected chi connectivity index (χ1v) is 15.6. The number of nitrogens with one attached hydrogen (secondary N) is 1. The van der Waals surface area contributed by atoms with Crippen LogP contribution in [0.4, 0.5) is 16.3 Å². The Morgan fingerprint density at radius 3 is 2.49 bits per heavy atom. The number of nitrogens with zero attached hydrogens (tertiary/aromatic N) is 6. The van der Waals surface area contributed by atoms with E-state index < -0.39 is 0 Å². The van der Waals surface area contributed by atoms with Crippen LogP contribution in [0.2, 0.25) is 0 Å². The molecular weight excluding hydrogens is 538 g/mol. The molecule has 0 bridgehead atoms. The second-order valence-corrected chi connectivity index (χ2v) is 12.1. The van der Waals surface area contributed by atoms with Gasteiger partial charge in [0.25, 0.3) is 0 Å². The van der Waals surface area contributed by atoms with Gasteiger partial charge in [-0.05, 0) is 68.2 Å². The van der Waals surface area contributed by atoms with Crippen LogP contribution in [0.5, 0.6) is 0 Å². The number of fused-ring (bicyclic) bond motifs is 2. The number of aromatic nitrogens is 3. The third kappa shape index (κ3) is 5.32. The molecular formula is C34H39N7O2. The van der Waals surface area contributed by atoms with Crippen molar-refractivity contribution < 1.29 is 9.59 Å². The quantitative estimate of drug-likeness (QED) is 0.340. The molecule has 9 nitrogen and oxygen atoms in total. The van der Waals surface area contributed by atoms with Crippen molar-refractivity contribution in [2.24, 2.45) is 0 Å². The number of hydrogen-bond donors (Lipinski definition) is 1. The van der Waals surface area contributed by atoms with Gasteiger partial charge in [0, 0.05) is 56.2 Å². The van der Waals surface area contributed by atoms with Crippen molar-refractivity contribution in [3.05, 3.63) is 72.2 Å². The van der Waals surface area contributed by atoms with Crippen molar-refractivity contribution in [1.29, 1.82) is 0 Å². The molecule has 3 aliphatic rings. The van der Waals surface area contributed by atoms with Gasteiger partial charge >= 0.3 is 6.03 Å². The molecule has 0 radical (unpaired) electrons. The van der Waals surface area contributed by atoms with Crippen molar-refractivity contribution in [2.75, 3.05) is 42.9 Å². The fourth-order valence-electron chi connectivity index (χ4n) is 7.06. The summed E-state index contributed by atoms with van der Waals surface area (Å²) in [6.07, 6.45) is 9.69. The largest absolute Gasteiger partial charge is 0.356 e. The molecule has 5 heterocycles. The van der Waals surface area contributed by atoms with Gasteiger partial charge in [0.1, 0.15) is 24.3 Å². The third-order valence-corrected chi connectivity index (χ3v) is 9.43. The Bertz CT molecular complexity index is 1650. The summed E-state index contributed by atoms with van der Waals surface area (Å²) in [6, 6.07) is 16.5. The first kappa shape index (κ1) is 27.4. The van der Waals surface area contributed by atoms with Gasteiger partial charge in [0.2, 0.25) is 5.91 Å². The highest BCUT2D eigenvalue weighted by Crippen LogP contribution is 2.37. The number of rotatable bonds is 5. The first-order chi connectivity index (χ1) is 21.1. The maximum atomic E-state index is 13.7. The molecule has 3 amide bonds. The highest BCUT2D eigenvalue weighted by molar-refractivity contribution is 6.02. The van der Waals surface area contributed by atoms with E-state index in [0.29, 0.717) is 19.6 Å². The van der Waals surface area contributed by atoms with Gasteiger partial charge in [-0.3, -0.25) is 4.79 Å². The van der Waals surface area contributed by atoms with E-state index >= 15 is 0 Å². The van der Waals surface area contributed by atoms with Crippen LogP contribution in [0.15, 0.2) is 61.1 Å². The van der Waals surface area contributed by atoms with E-state index in [1.807, 2.05) is 32.6 Å². The fourth-order valence-corrected chi connectivity index (χ4v) is 7.06. The summed E-state index contributed by atoms with van der Waals surface area (Å²) < 4.78 is 2.01. The zero-order valence-corrected chi connectivity index (χ0v) is 24.8. The Hall–Kier alpha value is -4.40. The molecule has 4 aromatic rings. The van der Waals surface area contributed by atoms with Crippen LogP contribution in [0.25, 0.3) is 22.2 Å². The lowest BCUT2D eigenvalue weighted by molar-refractivity contribution is -0.133. The van der Waals surface area contributed by atoms with Gasteiger partial charge in [-0.2, -0.15) is 0 Å². The molecule has 1 N–H and O–H groups in total. The van der Waals surface area contributed by atoms with Gasteiger partial charge < -0.3 is 24.6 Å². The minimum Gasteiger partial charge on any atom is -0.356 e. The summed E-state index contributed by atoms with van der Waals surface area (Å²) in [5, 5.41) is 4.12. The van der Waals surface area contributed by atoms with E-state index in [4.69, 9.17) is 9.97 Å². The number of amides is 3. The molecule has 2 aromatic carbocycles. The van der Waals surface area contributed by atoms with Gasteiger partial charge in [0.15, 0.2) is 0 Å². The van der Waals surface area contributed by atoms with E-state index in [-0.39, 0.29) is 24.5 Å². The molecule has 0 aliphatic carbocycles. The average molecular weight is 578 g/mol. The minimum atomic E-state index is -0.0403. The van der Waals surface area contributed by atoms with Crippen LogP contribution < -0.4 is 10.2 Å². The Kier molecular flexibility index (Phi) is 7.47. The van der Waals surface area contributed by atoms with Crippen LogP contribution in [0.3, 0.4) is 0 Å². The molecule has 9 heteroatoms. The van der Waals surface area contributed by atoms with E-state index in [0.717, 1.165) is 78.9 Å². The Morgan fingerprint density at radius 1 is 0.907 bits per heavy atom. The van der Waals surface area contributed by atoms with Crippen molar-refractivity contribution in [1.82, 2.24) is 24.3 Å². The van der Waals surface area contributed by atoms with Crippen molar-refractivity contribution in [3.8, 4) is 11.1 Å². The summed E-state index contributed by atoms with van der Waals surface area (Å²) in [7, 11) is 0. The molecule has 43 heavy (non-hydrogen) atoms. The number of benzene rings is 2. The SMILES string of the molecule is Cc1ccccc1-c1cn(CC(=O)N2CCC(N3CCc4ccccc4NC3=O)CC2)c2ncnc(N3CCCCC3)c12. The Morgan fingerprint density at radius 2 is 1.67 bits per heavy atom. The molecule has 2 fully saturated rings. The molecule has 0 spiro atoms. The lowest BCUT2D eigenvalue weighted by atomic mass is 10.0. The topological polar surface area (TPSA) is 86.6 Å². The van der Waals surface area contributed by atoms with Gasteiger partial charge in [-0.15, -0.1) is 0 Å². The molecule has 2 saturated heterocycles. The van der Waals surface area contributed by atoms with E-state index in [2.05, 4.69) is 53.7 Å². The van der Waals surface area contributed by atoms with Gasteiger partial charge in [0.05, 0.1) is 5.39 Å². The number of urea groups is 1. The Labute approximate surface area is 252 Å². The summed E-state index contributed by atoms with van der Waals surface area (Å²) in [4.78, 5) is 42.6. The second-order valence-electron chi connectivity index (χ2n) is 12.1. The van der Waals surface area contributed by atoms with Crippen LogP contribution in [0, 0.1) is 6.92 Å². The number of carbonyl (C=O) groups excluding carboxylic acids is 2. The third-order valence-electron chi connectivity index (χ3n) is 9.43. The second kappa shape index (κ2) is 11.7. The summed E-state index contributed by atoms with van der Waals surface area (Å²) in [5.74, 6) is 1.05. The van der Waals surface area contributed by atoms with Crippen molar-refractivity contribution in [2.45, 2.75) is 58.0 Å². The maximum absolute atomic E-state index is 13.7. The average Bonchev–Trinajstić information content (AvgIpc) is 3.31. The summed E-state index contributed by atoms with van der Waals surface area (Å²) in [6.45, 7) is 6.29. The van der Waals surface area contributed by atoms with Crippen LogP contribution >= 0.6 is 0 Å². The number of para-hydroxylation sites is 1. The van der Waals surface area contributed by atoms with E-state index in [9.17, 15) is 9.59 Å². The number of piperidine rings is 2. The summed E-state index contributed by atoms with van der Waals surface area (Å²) in [5.41, 5.74) is 6.28. The standard InChI is InChI=1S/C34H39N7O2/c1-24-9-3-5-11-27(24)28-21-40(33-31(28)32(35-23-36-33)39-16-7-2-8-17-39)22-30(42)38-18-14-26(15-19-38)41-20-13-25-10-4-6-12-29(25)37-34(41)43/h3-6,9-12,21,23,26H,2,7-8,13-20,22H2,1H3,(H,37,43). The Balaban J connectivity index is 1.10. The van der Waals surface area contributed by atoms with Crippen LogP contribution in [-0.2, 0) is 17.8 Å². The highest BCUT2D eigenvalue weighted by Gasteiger charge is 2.32. The van der Waals surface area contributed by atoms with Crippen molar-refractivity contribution in [3.63, 3.8) is 0 Å². The van der Waals surface area contributed by atoms with E-state index in [1.165, 1.54) is 17.5 Å². The molecule has 2 aromatic heterocycles. The normalized spacial score (nSPS) is 18.0. The maximum Gasteiger partial charge on any atom is 0.322 e. The molecule has 0 atom stereocenters. The lowest BCUT2D eigenvalue weighted by Crippen LogP contribution is -2.50. The molecule has 0 unspecified atom stereocenters. The number of anilines is 2. The number of likely N-dealkylation sites (tertiary alicyclic amines) is 1. The molecule has 7 rings (SSSR count). The number of aryl methyl sites for hydroxylation is 1. The van der Waals surface area contributed by atoms with Crippen molar-refractivity contribution >= 4 is 34.5 Å². The highest BCUT2D eigenvalue weighted by atomic mass is 16.2. The van der Waals surface area contributed by atoms with Crippen LogP contribution in [0.1, 0.15) is 43.2 Å². The van der Waals surface area contributed by atoms with Gasteiger partial charge in [-0.1, -0.05) is 42.5 Å². The van der Waals surface area contributed by atoms with Crippen LogP contribution in [-0.4, -0.2) is 75.0 Å². The zero-order valence-electron chi connectivity index (χ0n) is 24.8. The predicted octanol–water partition coefficient (Wildman–Crippen LogP) is 5.48. The number of carbonyl (C=O) groups is 2. The fraction of sp³-hybridized carbons (Fsp3) is 0.412. The van der Waals surface area contributed by atoms with E-state index in [1.54, 1.807) is 6.33 Å². The predicted molar refractivity (Wildman–Crippen MR) is 169 cm³/mol. The summed E-state index contributed by atoms with van der Waals surface area (Å²) >= 11 is 0. The zero-order chi connectivity index (χ0) is 29.3. The minimum absolute atomic E-state index is 0.0403. The lowest BCUT2D eigenvalue weighted by Gasteiger charge is -2.38. The molecule has 222 valence electrons. The smallest absolute Gasteiger partial charge is 0.322 e. The monoisotopic (exact) mass is 577 g/mol. The molecule has 0 saturated carbocycles. The molecule has 3 aliphatic heterocycles. The number of hydrogen-bond acceptors (Lipinski definition) is 5. The van der Waals surface area contributed by atoms with Gasteiger partial charge in [-0.25, -0.2) is 14.8 Å².